The van der Waals surface area contributed by atoms with Crippen LogP contribution in [0.25, 0.3) is 0 Å². The zero-order valence-corrected chi connectivity index (χ0v) is 13.1. The summed E-state index contributed by atoms with van der Waals surface area (Å²) >= 11 is 0. The Labute approximate surface area is 121 Å². The summed E-state index contributed by atoms with van der Waals surface area (Å²) in [5.41, 5.74) is 0.438. The van der Waals surface area contributed by atoms with Crippen molar-refractivity contribution in [3.05, 3.63) is 17.8 Å². The second-order valence-electron chi connectivity index (χ2n) is 6.53. The Kier molecular flexibility index (Phi) is 3.84. The molecule has 1 aliphatic heterocycles. The highest BCUT2D eigenvalue weighted by Crippen LogP contribution is 2.36. The maximum atomic E-state index is 10.0. The fourth-order valence-electron chi connectivity index (χ4n) is 2.05. The number of rotatable bonds is 3. The van der Waals surface area contributed by atoms with E-state index >= 15 is 0 Å². The van der Waals surface area contributed by atoms with Crippen LogP contribution in [0.5, 0.6) is 5.75 Å². The Morgan fingerprint density at radius 1 is 1.15 bits per heavy atom. The lowest BCUT2D eigenvalue weighted by Gasteiger charge is -2.32. The van der Waals surface area contributed by atoms with Crippen molar-refractivity contribution in [3.8, 4) is 5.75 Å². The maximum absolute atomic E-state index is 10.0. The fourth-order valence-corrected chi connectivity index (χ4v) is 2.05. The van der Waals surface area contributed by atoms with Crippen molar-refractivity contribution in [2.75, 3.05) is 14.1 Å². The number of hydrogen-bond donors (Lipinski definition) is 1. The normalized spacial score (nSPS) is 20.6. The Morgan fingerprint density at radius 3 is 2.20 bits per heavy atom. The lowest BCUT2D eigenvalue weighted by atomic mass is 9.83. The van der Waals surface area contributed by atoms with Crippen molar-refractivity contribution in [3.63, 3.8) is 0 Å². The molecule has 0 aliphatic carbocycles. The van der Waals surface area contributed by atoms with Gasteiger partial charge in [-0.25, -0.2) is 0 Å². The van der Waals surface area contributed by atoms with Crippen molar-refractivity contribution in [1.82, 2.24) is 9.88 Å². The molecule has 0 atom stereocenters. The molecular formula is C14H23BN2O3. The molecule has 0 saturated carbocycles. The van der Waals surface area contributed by atoms with Gasteiger partial charge in [0.2, 0.25) is 0 Å². The van der Waals surface area contributed by atoms with Crippen LogP contribution >= 0.6 is 0 Å². The van der Waals surface area contributed by atoms with E-state index in [0.29, 0.717) is 12.1 Å². The number of pyridine rings is 1. The van der Waals surface area contributed by atoms with Crippen LogP contribution in [0, 0.1) is 0 Å². The highest BCUT2D eigenvalue weighted by molar-refractivity contribution is 6.62. The third-order valence-electron chi connectivity index (χ3n) is 3.91. The number of nitrogens with zero attached hydrogens (tertiary/aromatic N) is 2. The second kappa shape index (κ2) is 5.02. The minimum atomic E-state index is -0.637. The molecule has 0 radical (unpaired) electrons. The third kappa shape index (κ3) is 2.82. The molecule has 110 valence electrons. The van der Waals surface area contributed by atoms with Gasteiger partial charge in [0.05, 0.1) is 16.9 Å². The zero-order chi connectivity index (χ0) is 15.1. The Morgan fingerprint density at radius 2 is 1.70 bits per heavy atom. The van der Waals surface area contributed by atoms with Gasteiger partial charge in [0.25, 0.3) is 0 Å². The van der Waals surface area contributed by atoms with Gasteiger partial charge in [-0.3, -0.25) is 4.98 Å². The minimum absolute atomic E-state index is 0.103. The Bertz CT molecular complexity index is 487. The molecule has 1 aromatic rings. The Hall–Kier alpha value is -1.11. The number of aromatic nitrogens is 1. The van der Waals surface area contributed by atoms with Crippen molar-refractivity contribution in [2.45, 2.75) is 45.4 Å². The first-order valence-corrected chi connectivity index (χ1v) is 6.81. The standard InChI is InChI=1S/C14H23BN2O3/c1-13(2)14(3,4)20-15(19-13)12-11(18)8-7-10(16-12)9-17(5)6/h7-8,18H,9H2,1-6H3. The molecule has 5 nitrogen and oxygen atoms in total. The summed E-state index contributed by atoms with van der Waals surface area (Å²) in [5.74, 6) is 0.103. The van der Waals surface area contributed by atoms with E-state index in [1.54, 1.807) is 6.07 Å². The first-order chi connectivity index (χ1) is 9.12. The molecule has 0 spiro atoms. The highest BCUT2D eigenvalue weighted by Gasteiger charge is 2.53. The summed E-state index contributed by atoms with van der Waals surface area (Å²) in [6.45, 7) is 8.62. The van der Waals surface area contributed by atoms with Crippen LogP contribution in [0.1, 0.15) is 33.4 Å². The van der Waals surface area contributed by atoms with Crippen LogP contribution in [0.4, 0.5) is 0 Å². The van der Waals surface area contributed by atoms with Gasteiger partial charge in [-0.1, -0.05) is 0 Å². The number of aromatic hydroxyl groups is 1. The summed E-state index contributed by atoms with van der Waals surface area (Å²) in [5, 5.41) is 10.0. The fraction of sp³-hybridized carbons (Fsp3) is 0.643. The quantitative estimate of drug-likeness (QED) is 0.840. The summed E-state index contributed by atoms with van der Waals surface area (Å²) < 4.78 is 11.9. The molecule has 1 saturated heterocycles. The lowest BCUT2D eigenvalue weighted by Crippen LogP contribution is -2.41. The molecule has 1 aromatic heterocycles. The molecule has 1 N–H and O–H groups in total. The predicted molar refractivity (Wildman–Crippen MR) is 79.0 cm³/mol. The monoisotopic (exact) mass is 278 g/mol. The van der Waals surface area contributed by atoms with E-state index in [4.69, 9.17) is 9.31 Å². The van der Waals surface area contributed by atoms with E-state index in [0.717, 1.165) is 5.69 Å². The van der Waals surface area contributed by atoms with E-state index in [1.165, 1.54) is 0 Å². The van der Waals surface area contributed by atoms with Gasteiger partial charge in [-0.2, -0.15) is 0 Å². The van der Waals surface area contributed by atoms with Gasteiger partial charge in [0.1, 0.15) is 11.3 Å². The smallest absolute Gasteiger partial charge is 0.507 e. The lowest BCUT2D eigenvalue weighted by molar-refractivity contribution is 0.00578. The maximum Gasteiger partial charge on any atom is 0.518 e. The minimum Gasteiger partial charge on any atom is -0.507 e. The van der Waals surface area contributed by atoms with Gasteiger partial charge < -0.3 is 19.3 Å². The first-order valence-electron chi connectivity index (χ1n) is 6.81. The van der Waals surface area contributed by atoms with E-state index < -0.39 is 18.3 Å². The van der Waals surface area contributed by atoms with E-state index in [2.05, 4.69) is 4.98 Å². The van der Waals surface area contributed by atoms with E-state index in [9.17, 15) is 5.11 Å². The van der Waals surface area contributed by atoms with Crippen molar-refractivity contribution >= 4 is 12.7 Å². The van der Waals surface area contributed by atoms with Gasteiger partial charge in [-0.15, -0.1) is 0 Å². The van der Waals surface area contributed by atoms with Crippen molar-refractivity contribution < 1.29 is 14.4 Å². The molecule has 1 aliphatic rings. The van der Waals surface area contributed by atoms with Crippen LogP contribution < -0.4 is 5.59 Å². The van der Waals surface area contributed by atoms with Crippen LogP contribution in [-0.4, -0.2) is 47.4 Å². The van der Waals surface area contributed by atoms with Gasteiger partial charge in [-0.05, 0) is 53.9 Å². The Balaban J connectivity index is 2.30. The highest BCUT2D eigenvalue weighted by atomic mass is 16.7. The van der Waals surface area contributed by atoms with Gasteiger partial charge in [0.15, 0.2) is 0 Å². The molecule has 1 fully saturated rings. The molecule has 2 rings (SSSR count). The van der Waals surface area contributed by atoms with E-state index in [-0.39, 0.29) is 5.75 Å². The summed E-state index contributed by atoms with van der Waals surface area (Å²) in [7, 11) is 3.31. The average Bonchev–Trinajstić information content (AvgIpc) is 2.50. The molecule has 20 heavy (non-hydrogen) atoms. The predicted octanol–water partition coefficient (Wildman–Crippen LogP) is 1.15. The van der Waals surface area contributed by atoms with Crippen molar-refractivity contribution in [1.29, 1.82) is 0 Å². The molecule has 0 amide bonds. The zero-order valence-electron chi connectivity index (χ0n) is 13.1. The van der Waals surface area contributed by atoms with Crippen LogP contribution in [0.15, 0.2) is 12.1 Å². The molecule has 2 heterocycles. The van der Waals surface area contributed by atoms with Crippen LogP contribution in [-0.2, 0) is 15.9 Å². The van der Waals surface area contributed by atoms with E-state index in [1.807, 2.05) is 52.8 Å². The molecule has 0 unspecified atom stereocenters. The third-order valence-corrected chi connectivity index (χ3v) is 3.91. The van der Waals surface area contributed by atoms with Gasteiger partial charge >= 0.3 is 7.12 Å². The molecule has 0 aromatic carbocycles. The number of hydrogen-bond acceptors (Lipinski definition) is 5. The average molecular weight is 278 g/mol. The largest absolute Gasteiger partial charge is 0.518 e. The first kappa shape index (κ1) is 15.3. The van der Waals surface area contributed by atoms with Crippen molar-refractivity contribution in [2.24, 2.45) is 0 Å². The van der Waals surface area contributed by atoms with Gasteiger partial charge in [0, 0.05) is 6.54 Å². The van der Waals surface area contributed by atoms with Crippen LogP contribution in [0.2, 0.25) is 0 Å². The summed E-state index contributed by atoms with van der Waals surface area (Å²) in [4.78, 5) is 6.51. The van der Waals surface area contributed by atoms with Crippen LogP contribution in [0.3, 0.4) is 0 Å². The molecule has 6 heteroatoms. The summed E-state index contributed by atoms with van der Waals surface area (Å²) in [6, 6.07) is 3.45. The summed E-state index contributed by atoms with van der Waals surface area (Å²) in [6.07, 6.45) is 0. The topological polar surface area (TPSA) is 54.8 Å². The SMILES string of the molecule is CN(C)Cc1ccc(O)c(B2OC(C)(C)C(C)(C)O2)n1. The molecular weight excluding hydrogens is 255 g/mol. The molecule has 0 bridgehead atoms. The second-order valence-corrected chi connectivity index (χ2v) is 6.53.